The first kappa shape index (κ1) is 15.0. The predicted molar refractivity (Wildman–Crippen MR) is 101 cm³/mol. The van der Waals surface area contributed by atoms with Gasteiger partial charge in [0.15, 0.2) is 0 Å². The van der Waals surface area contributed by atoms with Crippen molar-refractivity contribution in [2.75, 3.05) is 0 Å². The summed E-state index contributed by atoms with van der Waals surface area (Å²) in [6.45, 7) is 6.52. The average molecular weight is 304 g/mol. The molecule has 0 aliphatic carbocycles. The van der Waals surface area contributed by atoms with Crippen molar-refractivity contribution in [3.63, 3.8) is 0 Å². The van der Waals surface area contributed by atoms with E-state index in [-0.39, 0.29) is 0 Å². The largest absolute Gasteiger partial charge is 0.106 e. The summed E-state index contributed by atoms with van der Waals surface area (Å²) < 4.78 is 0. The molecule has 0 spiro atoms. The summed E-state index contributed by atoms with van der Waals surface area (Å²) in [5, 5.41) is 1.22. The van der Waals surface area contributed by atoms with E-state index in [0.29, 0.717) is 0 Å². The zero-order valence-electron chi connectivity index (χ0n) is 13.4. The van der Waals surface area contributed by atoms with Gasteiger partial charge in [-0.1, -0.05) is 60.7 Å². The van der Waals surface area contributed by atoms with E-state index in [2.05, 4.69) is 90.7 Å². The second kappa shape index (κ2) is 6.07. The summed E-state index contributed by atoms with van der Waals surface area (Å²) in [6, 6.07) is 22.0. The third-order valence-electron chi connectivity index (χ3n) is 4.29. The summed E-state index contributed by atoms with van der Waals surface area (Å²) in [4.78, 5) is 0. The van der Waals surface area contributed by atoms with Crippen molar-refractivity contribution in [3.05, 3.63) is 77.4 Å². The zero-order valence-corrected chi connectivity index (χ0v) is 14.5. The fourth-order valence-electron chi connectivity index (χ4n) is 2.75. The molecule has 0 saturated heterocycles. The minimum Gasteiger partial charge on any atom is -0.106 e. The minimum absolute atomic E-state index is 1.22. The molecule has 3 aromatic carbocycles. The SMILES string of the molecule is Cc1ccc(-c2ccc(-c3ccc(P)cc3)cc2C)cc1C. The lowest BCUT2D eigenvalue weighted by Gasteiger charge is -2.11. The quantitative estimate of drug-likeness (QED) is 0.553. The Morgan fingerprint density at radius 1 is 0.545 bits per heavy atom. The van der Waals surface area contributed by atoms with Crippen LogP contribution in [-0.2, 0) is 0 Å². The van der Waals surface area contributed by atoms with Gasteiger partial charge in [0.1, 0.15) is 0 Å². The van der Waals surface area contributed by atoms with Crippen LogP contribution in [0, 0.1) is 20.8 Å². The summed E-state index contributed by atoms with van der Waals surface area (Å²) in [7, 11) is 2.73. The topological polar surface area (TPSA) is 0 Å². The number of aryl methyl sites for hydroxylation is 3. The van der Waals surface area contributed by atoms with Crippen molar-refractivity contribution in [1.29, 1.82) is 0 Å². The average Bonchev–Trinajstić information content (AvgIpc) is 2.51. The van der Waals surface area contributed by atoms with Crippen LogP contribution in [0.15, 0.2) is 60.7 Å². The summed E-state index contributed by atoms with van der Waals surface area (Å²) in [6.07, 6.45) is 0. The van der Waals surface area contributed by atoms with Gasteiger partial charge in [-0.3, -0.25) is 0 Å². The van der Waals surface area contributed by atoms with Crippen molar-refractivity contribution >= 4 is 14.5 Å². The molecule has 0 fully saturated rings. The van der Waals surface area contributed by atoms with E-state index in [1.165, 1.54) is 44.2 Å². The monoisotopic (exact) mass is 304 g/mol. The molecule has 0 aliphatic heterocycles. The highest BCUT2D eigenvalue weighted by atomic mass is 31.0. The zero-order chi connectivity index (χ0) is 15.7. The molecule has 0 saturated carbocycles. The summed E-state index contributed by atoms with van der Waals surface area (Å²) in [5.41, 5.74) is 9.15. The Labute approximate surface area is 135 Å². The van der Waals surface area contributed by atoms with Gasteiger partial charge in [-0.05, 0) is 65.0 Å². The van der Waals surface area contributed by atoms with Crippen LogP contribution in [0.5, 0.6) is 0 Å². The Morgan fingerprint density at radius 3 is 1.77 bits per heavy atom. The Hall–Kier alpha value is -1.91. The summed E-state index contributed by atoms with van der Waals surface area (Å²) >= 11 is 0. The van der Waals surface area contributed by atoms with Gasteiger partial charge in [-0.25, -0.2) is 0 Å². The van der Waals surface area contributed by atoms with Crippen molar-refractivity contribution < 1.29 is 0 Å². The second-order valence-electron chi connectivity index (χ2n) is 5.95. The van der Waals surface area contributed by atoms with E-state index in [1.54, 1.807) is 0 Å². The van der Waals surface area contributed by atoms with Crippen LogP contribution in [0.3, 0.4) is 0 Å². The lowest BCUT2D eigenvalue weighted by molar-refractivity contribution is 1.33. The fraction of sp³-hybridized carbons (Fsp3) is 0.143. The molecule has 1 heteroatoms. The number of hydrogen-bond donors (Lipinski definition) is 0. The first-order valence-electron chi connectivity index (χ1n) is 7.59. The van der Waals surface area contributed by atoms with E-state index in [0.717, 1.165) is 0 Å². The van der Waals surface area contributed by atoms with Gasteiger partial charge in [-0.15, -0.1) is 9.24 Å². The molecular weight excluding hydrogens is 283 g/mol. The van der Waals surface area contributed by atoms with E-state index >= 15 is 0 Å². The number of hydrogen-bond acceptors (Lipinski definition) is 0. The highest BCUT2D eigenvalue weighted by Crippen LogP contribution is 2.29. The van der Waals surface area contributed by atoms with Gasteiger partial charge in [-0.2, -0.15) is 0 Å². The molecule has 0 aromatic heterocycles. The third-order valence-corrected chi connectivity index (χ3v) is 4.67. The van der Waals surface area contributed by atoms with E-state index in [1.807, 2.05) is 0 Å². The van der Waals surface area contributed by atoms with Crippen LogP contribution >= 0.6 is 9.24 Å². The maximum Gasteiger partial charge on any atom is -0.0154 e. The van der Waals surface area contributed by atoms with Gasteiger partial charge < -0.3 is 0 Å². The normalized spacial score (nSPS) is 10.7. The Balaban J connectivity index is 2.01. The molecule has 0 N–H and O–H groups in total. The molecule has 3 aromatic rings. The fourth-order valence-corrected chi connectivity index (χ4v) is 2.94. The molecule has 22 heavy (non-hydrogen) atoms. The summed E-state index contributed by atoms with van der Waals surface area (Å²) in [5.74, 6) is 0. The van der Waals surface area contributed by atoms with Crippen LogP contribution in [0.25, 0.3) is 22.3 Å². The van der Waals surface area contributed by atoms with Crippen LogP contribution in [0.1, 0.15) is 16.7 Å². The van der Waals surface area contributed by atoms with Gasteiger partial charge >= 0.3 is 0 Å². The maximum atomic E-state index is 2.73. The molecule has 0 amide bonds. The van der Waals surface area contributed by atoms with Crippen LogP contribution in [-0.4, -0.2) is 0 Å². The van der Waals surface area contributed by atoms with Gasteiger partial charge in [0.05, 0.1) is 0 Å². The van der Waals surface area contributed by atoms with Gasteiger partial charge in [0.2, 0.25) is 0 Å². The lowest BCUT2D eigenvalue weighted by atomic mass is 9.94. The molecule has 0 radical (unpaired) electrons. The van der Waals surface area contributed by atoms with Crippen molar-refractivity contribution in [2.45, 2.75) is 20.8 Å². The highest BCUT2D eigenvalue weighted by molar-refractivity contribution is 7.27. The van der Waals surface area contributed by atoms with E-state index < -0.39 is 0 Å². The van der Waals surface area contributed by atoms with Gasteiger partial charge in [0.25, 0.3) is 0 Å². The Morgan fingerprint density at radius 2 is 1.14 bits per heavy atom. The first-order chi connectivity index (χ1) is 10.5. The molecule has 1 unspecified atom stereocenters. The Bertz CT molecular complexity index is 814. The standard InChI is InChI=1S/C21H21P/c1-14-4-5-19(12-15(14)2)21-11-8-18(13-16(21)3)17-6-9-20(22)10-7-17/h4-13H,22H2,1-3H3. The first-order valence-corrected chi connectivity index (χ1v) is 8.16. The molecule has 0 aliphatic rings. The molecule has 0 nitrogen and oxygen atoms in total. The number of benzene rings is 3. The lowest BCUT2D eigenvalue weighted by Crippen LogP contribution is -1.90. The van der Waals surface area contributed by atoms with Crippen LogP contribution < -0.4 is 5.30 Å². The van der Waals surface area contributed by atoms with Gasteiger partial charge in [0, 0.05) is 0 Å². The third kappa shape index (κ3) is 2.98. The van der Waals surface area contributed by atoms with E-state index in [9.17, 15) is 0 Å². The van der Waals surface area contributed by atoms with E-state index in [4.69, 9.17) is 0 Å². The maximum absolute atomic E-state index is 2.73. The minimum atomic E-state index is 1.22. The smallest absolute Gasteiger partial charge is 0.0154 e. The Kier molecular flexibility index (Phi) is 4.14. The molecule has 1 atom stereocenters. The van der Waals surface area contributed by atoms with Crippen LogP contribution in [0.4, 0.5) is 0 Å². The van der Waals surface area contributed by atoms with Crippen molar-refractivity contribution in [3.8, 4) is 22.3 Å². The molecular formula is C21H21P. The van der Waals surface area contributed by atoms with Crippen LogP contribution in [0.2, 0.25) is 0 Å². The van der Waals surface area contributed by atoms with Crippen molar-refractivity contribution in [1.82, 2.24) is 0 Å². The molecule has 110 valence electrons. The van der Waals surface area contributed by atoms with Crippen molar-refractivity contribution in [2.24, 2.45) is 0 Å². The number of rotatable bonds is 2. The molecule has 0 bridgehead atoms. The molecule has 3 rings (SSSR count). The second-order valence-corrected chi connectivity index (χ2v) is 6.62. The predicted octanol–water partition coefficient (Wildman–Crippen LogP) is 5.45. The molecule has 0 heterocycles. The highest BCUT2D eigenvalue weighted by Gasteiger charge is 2.05.